The fourth-order valence-corrected chi connectivity index (χ4v) is 2.89. The van der Waals surface area contributed by atoms with Crippen molar-refractivity contribution in [2.24, 2.45) is 10.9 Å². The number of nitrogens with two attached hydrogens (primary N) is 1. The van der Waals surface area contributed by atoms with Crippen molar-refractivity contribution in [2.75, 3.05) is 7.11 Å². The first kappa shape index (κ1) is 21.8. The minimum atomic E-state index is -0.842. The summed E-state index contributed by atoms with van der Waals surface area (Å²) >= 11 is 18.0. The summed E-state index contributed by atoms with van der Waals surface area (Å²) < 4.78 is 16.1. The summed E-state index contributed by atoms with van der Waals surface area (Å²) in [5.74, 6) is 0.164. The van der Waals surface area contributed by atoms with Crippen LogP contribution in [0.3, 0.4) is 0 Å². The highest BCUT2D eigenvalue weighted by Crippen LogP contribution is 2.32. The van der Waals surface area contributed by atoms with Crippen molar-refractivity contribution >= 4 is 46.6 Å². The minimum Gasteiger partial charge on any atom is -0.496 e. The molecule has 0 aliphatic carbocycles. The summed E-state index contributed by atoms with van der Waals surface area (Å²) in [5, 5.41) is 4.70. The second kappa shape index (κ2) is 9.75. The van der Waals surface area contributed by atoms with Crippen LogP contribution in [-0.2, 0) is 11.4 Å². The fourth-order valence-electron chi connectivity index (χ4n) is 2.37. The topological polar surface area (TPSA) is 96.3 Å². The molecule has 10 heteroatoms. The van der Waals surface area contributed by atoms with Gasteiger partial charge in [0.15, 0.2) is 5.84 Å². The van der Waals surface area contributed by atoms with E-state index >= 15 is 0 Å². The van der Waals surface area contributed by atoms with E-state index in [9.17, 15) is 4.79 Å². The number of oxime groups is 1. The van der Waals surface area contributed by atoms with Crippen LogP contribution in [0.2, 0.25) is 15.1 Å². The van der Waals surface area contributed by atoms with Gasteiger partial charge in [0.2, 0.25) is 5.76 Å². The van der Waals surface area contributed by atoms with Crippen molar-refractivity contribution in [3.8, 4) is 11.5 Å². The Hall–Kier alpha value is -2.87. The number of halogens is 3. The third-order valence-corrected chi connectivity index (χ3v) is 4.85. The molecule has 0 aliphatic rings. The van der Waals surface area contributed by atoms with Gasteiger partial charge in [-0.3, -0.25) is 0 Å². The van der Waals surface area contributed by atoms with E-state index in [1.165, 1.54) is 19.2 Å². The molecule has 0 saturated carbocycles. The van der Waals surface area contributed by atoms with Crippen LogP contribution >= 0.6 is 34.8 Å². The number of carbonyl (C=O) groups is 1. The Morgan fingerprint density at radius 3 is 2.67 bits per heavy atom. The maximum atomic E-state index is 12.2. The first-order valence-corrected chi connectivity index (χ1v) is 9.56. The number of ether oxygens (including phenoxy) is 2. The molecule has 0 atom stereocenters. The average Bonchev–Trinajstić information content (AvgIpc) is 3.22. The number of nitrogens with zero attached hydrogens (tertiary/aromatic N) is 1. The van der Waals surface area contributed by atoms with Crippen LogP contribution in [0.15, 0.2) is 58.1 Å². The van der Waals surface area contributed by atoms with Crippen molar-refractivity contribution in [2.45, 2.75) is 6.61 Å². The van der Waals surface area contributed by atoms with Crippen molar-refractivity contribution in [1.29, 1.82) is 0 Å². The molecular formula is C20H15Cl3N2O5. The maximum Gasteiger partial charge on any atom is 0.400 e. The Kier molecular flexibility index (Phi) is 7.10. The lowest BCUT2D eigenvalue weighted by atomic mass is 10.2. The van der Waals surface area contributed by atoms with Gasteiger partial charge < -0.3 is 24.5 Å². The van der Waals surface area contributed by atoms with Gasteiger partial charge in [-0.05, 0) is 42.5 Å². The molecule has 2 aromatic carbocycles. The average molecular weight is 470 g/mol. The van der Waals surface area contributed by atoms with Gasteiger partial charge in [-0.15, -0.1) is 0 Å². The smallest absolute Gasteiger partial charge is 0.400 e. The summed E-state index contributed by atoms with van der Waals surface area (Å²) in [6.07, 6.45) is 0. The lowest BCUT2D eigenvalue weighted by Crippen LogP contribution is -2.16. The Labute approximate surface area is 186 Å². The molecule has 7 nitrogen and oxygen atoms in total. The molecule has 0 unspecified atom stereocenters. The second-order valence-electron chi connectivity index (χ2n) is 5.81. The van der Waals surface area contributed by atoms with Crippen LogP contribution in [-0.4, -0.2) is 18.9 Å². The van der Waals surface area contributed by atoms with Crippen LogP contribution in [0.25, 0.3) is 0 Å². The molecular weight excluding hydrogens is 455 g/mol. The zero-order valence-electron chi connectivity index (χ0n) is 15.5. The monoisotopic (exact) mass is 468 g/mol. The maximum absolute atomic E-state index is 12.2. The molecule has 30 heavy (non-hydrogen) atoms. The Bertz CT molecular complexity index is 1100. The van der Waals surface area contributed by atoms with Crippen LogP contribution in [0.4, 0.5) is 0 Å². The third kappa shape index (κ3) is 5.18. The summed E-state index contributed by atoms with van der Waals surface area (Å²) in [6.45, 7) is 0.0263. The third-order valence-electron chi connectivity index (χ3n) is 3.81. The largest absolute Gasteiger partial charge is 0.496 e. The quantitative estimate of drug-likeness (QED) is 0.218. The first-order valence-electron chi connectivity index (χ1n) is 8.43. The van der Waals surface area contributed by atoms with E-state index in [1.807, 2.05) is 0 Å². The molecule has 3 aromatic rings. The molecule has 0 amide bonds. The van der Waals surface area contributed by atoms with Crippen LogP contribution in [0.5, 0.6) is 11.5 Å². The zero-order valence-corrected chi connectivity index (χ0v) is 17.8. The van der Waals surface area contributed by atoms with Crippen LogP contribution in [0, 0.1) is 0 Å². The minimum absolute atomic E-state index is 0.0263. The molecule has 2 N–H and O–H groups in total. The van der Waals surface area contributed by atoms with Crippen molar-refractivity contribution in [1.82, 2.24) is 0 Å². The second-order valence-corrected chi connectivity index (χ2v) is 7.03. The molecule has 1 heterocycles. The standard InChI is InChI=1S/C20H15Cl3N2O5/c1-27-15-7-5-11(21)9-13(15)19(24)25-30-20(26)17-8-6-12(29-17)10-28-16-4-2-3-14(22)18(16)23/h2-9H,10H2,1H3,(H2,24,25). The van der Waals surface area contributed by atoms with Gasteiger partial charge in [-0.2, -0.15) is 0 Å². The summed E-state index contributed by atoms with van der Waals surface area (Å²) in [5.41, 5.74) is 6.25. The van der Waals surface area contributed by atoms with Gasteiger partial charge in [0.05, 0.1) is 17.7 Å². The van der Waals surface area contributed by atoms with E-state index in [0.29, 0.717) is 32.9 Å². The first-order chi connectivity index (χ1) is 14.4. The molecule has 0 fully saturated rings. The highest BCUT2D eigenvalue weighted by molar-refractivity contribution is 6.42. The molecule has 156 valence electrons. The number of carbonyl (C=O) groups excluding carboxylic acids is 1. The lowest BCUT2D eigenvalue weighted by molar-refractivity contribution is 0.0475. The molecule has 0 radical (unpaired) electrons. The van der Waals surface area contributed by atoms with Gasteiger partial charge in [-0.1, -0.05) is 46.0 Å². The van der Waals surface area contributed by atoms with Gasteiger partial charge in [0, 0.05) is 5.02 Å². The predicted octanol–water partition coefficient (Wildman–Crippen LogP) is 5.30. The highest BCUT2D eigenvalue weighted by Gasteiger charge is 2.16. The number of benzene rings is 2. The van der Waals surface area contributed by atoms with E-state index in [-0.39, 0.29) is 23.2 Å². The Morgan fingerprint density at radius 2 is 1.90 bits per heavy atom. The highest BCUT2D eigenvalue weighted by atomic mass is 35.5. The van der Waals surface area contributed by atoms with E-state index in [4.69, 9.17) is 59.3 Å². The normalized spacial score (nSPS) is 11.3. The zero-order chi connectivity index (χ0) is 21.7. The van der Waals surface area contributed by atoms with Crippen molar-refractivity contribution < 1.29 is 23.5 Å². The van der Waals surface area contributed by atoms with Gasteiger partial charge in [0.25, 0.3) is 0 Å². The molecule has 3 rings (SSSR count). The van der Waals surface area contributed by atoms with Gasteiger partial charge >= 0.3 is 5.97 Å². The predicted molar refractivity (Wildman–Crippen MR) is 114 cm³/mol. The molecule has 0 spiro atoms. The lowest BCUT2D eigenvalue weighted by Gasteiger charge is -2.07. The number of amidine groups is 1. The van der Waals surface area contributed by atoms with E-state index in [2.05, 4.69) is 5.16 Å². The Morgan fingerprint density at radius 1 is 1.10 bits per heavy atom. The fraction of sp³-hybridized carbons (Fsp3) is 0.100. The van der Waals surface area contributed by atoms with Gasteiger partial charge in [0.1, 0.15) is 28.9 Å². The number of hydrogen-bond acceptors (Lipinski definition) is 6. The SMILES string of the molecule is COc1ccc(Cl)cc1/C(N)=N/OC(=O)c1ccc(COc2cccc(Cl)c2Cl)o1. The number of hydrogen-bond donors (Lipinski definition) is 1. The van der Waals surface area contributed by atoms with Crippen LogP contribution in [0.1, 0.15) is 21.9 Å². The molecule has 0 saturated heterocycles. The van der Waals surface area contributed by atoms with E-state index < -0.39 is 5.97 Å². The van der Waals surface area contributed by atoms with Gasteiger partial charge in [-0.25, -0.2) is 4.79 Å². The molecule has 0 bridgehead atoms. The van der Waals surface area contributed by atoms with E-state index in [1.54, 1.807) is 36.4 Å². The summed E-state index contributed by atoms with van der Waals surface area (Å²) in [6, 6.07) is 12.8. The number of rotatable bonds is 7. The van der Waals surface area contributed by atoms with E-state index in [0.717, 1.165) is 0 Å². The van der Waals surface area contributed by atoms with Crippen molar-refractivity contribution in [3.05, 3.63) is 80.7 Å². The van der Waals surface area contributed by atoms with Crippen molar-refractivity contribution in [3.63, 3.8) is 0 Å². The Balaban J connectivity index is 1.64. The molecule has 1 aromatic heterocycles. The number of furan rings is 1. The molecule has 0 aliphatic heterocycles. The summed E-state index contributed by atoms with van der Waals surface area (Å²) in [4.78, 5) is 17.0. The number of methoxy groups -OCH3 is 1. The summed E-state index contributed by atoms with van der Waals surface area (Å²) in [7, 11) is 1.47. The van der Waals surface area contributed by atoms with Crippen LogP contribution < -0.4 is 15.2 Å².